The maximum Gasteiger partial charge on any atom is 0.233 e. The lowest BCUT2D eigenvalue weighted by Gasteiger charge is -2.28. The zero-order valence-electron chi connectivity index (χ0n) is 17.3. The Balaban J connectivity index is 1.42. The second-order valence-electron chi connectivity index (χ2n) is 7.34. The van der Waals surface area contributed by atoms with E-state index in [-0.39, 0.29) is 22.3 Å². The highest BCUT2D eigenvalue weighted by Gasteiger charge is 2.23. The van der Waals surface area contributed by atoms with Crippen molar-refractivity contribution in [1.82, 2.24) is 19.7 Å². The number of fused-ring (bicyclic) bond motifs is 1. The third-order valence-corrected chi connectivity index (χ3v) is 7.92. The summed E-state index contributed by atoms with van der Waals surface area (Å²) < 4.78 is 27.2. The van der Waals surface area contributed by atoms with E-state index in [9.17, 15) is 13.2 Å². The maximum absolute atomic E-state index is 12.8. The minimum atomic E-state index is -3.52. The van der Waals surface area contributed by atoms with E-state index in [0.717, 1.165) is 6.42 Å². The van der Waals surface area contributed by atoms with Crippen molar-refractivity contribution in [2.75, 3.05) is 12.3 Å². The highest BCUT2D eigenvalue weighted by atomic mass is 32.2. The summed E-state index contributed by atoms with van der Waals surface area (Å²) >= 11 is 1.30. The number of hydrogen-bond acceptors (Lipinski definition) is 6. The van der Waals surface area contributed by atoms with Crippen molar-refractivity contribution in [1.29, 1.82) is 0 Å². The summed E-state index contributed by atoms with van der Waals surface area (Å²) in [5.41, 5.74) is 2.49. The molecule has 0 saturated carbocycles. The summed E-state index contributed by atoms with van der Waals surface area (Å²) in [4.78, 5) is 14.9. The molecule has 0 unspecified atom stereocenters. The van der Waals surface area contributed by atoms with Crippen LogP contribution in [0.5, 0.6) is 0 Å². The molecule has 0 fully saturated rings. The number of amides is 1. The zero-order chi connectivity index (χ0) is 21.8. The van der Waals surface area contributed by atoms with Gasteiger partial charge >= 0.3 is 0 Å². The van der Waals surface area contributed by atoms with Gasteiger partial charge in [-0.1, -0.05) is 54.2 Å². The van der Waals surface area contributed by atoms with Crippen molar-refractivity contribution in [3.63, 3.8) is 0 Å². The van der Waals surface area contributed by atoms with Crippen LogP contribution in [0.2, 0.25) is 0 Å². The van der Waals surface area contributed by atoms with E-state index >= 15 is 0 Å². The Hall–Kier alpha value is -2.65. The van der Waals surface area contributed by atoms with Gasteiger partial charge in [0.1, 0.15) is 11.6 Å². The predicted molar refractivity (Wildman–Crippen MR) is 119 cm³/mol. The SMILES string of the molecule is CCn1c(CS(=O)(=O)c2ccccc2)nnc1SCC(=O)N1CCc2ccccc2C1. The molecule has 162 valence electrons. The van der Waals surface area contributed by atoms with Gasteiger partial charge in [0.25, 0.3) is 0 Å². The molecule has 0 radical (unpaired) electrons. The number of thioether (sulfide) groups is 1. The number of nitrogens with zero attached hydrogens (tertiary/aromatic N) is 4. The quantitative estimate of drug-likeness (QED) is 0.508. The van der Waals surface area contributed by atoms with Gasteiger partial charge in [-0.3, -0.25) is 4.79 Å². The molecule has 0 saturated heterocycles. The van der Waals surface area contributed by atoms with Crippen LogP contribution in [0.25, 0.3) is 0 Å². The van der Waals surface area contributed by atoms with Gasteiger partial charge in [-0.05, 0) is 36.6 Å². The molecule has 1 amide bonds. The Kier molecular flexibility index (Phi) is 6.43. The first-order valence-electron chi connectivity index (χ1n) is 10.1. The van der Waals surface area contributed by atoms with E-state index < -0.39 is 9.84 Å². The standard InChI is InChI=1S/C22H24N4O3S2/c1-2-26-20(16-31(28,29)19-10-4-3-5-11-19)23-24-22(26)30-15-21(27)25-13-12-17-8-6-7-9-18(17)14-25/h3-11H,2,12-16H2,1H3. The van der Waals surface area contributed by atoms with Crippen LogP contribution in [0.3, 0.4) is 0 Å². The van der Waals surface area contributed by atoms with Crippen LogP contribution in [0, 0.1) is 0 Å². The number of carbonyl (C=O) groups is 1. The van der Waals surface area contributed by atoms with E-state index in [1.54, 1.807) is 34.9 Å². The van der Waals surface area contributed by atoms with Crippen LogP contribution in [0.4, 0.5) is 0 Å². The molecular weight excluding hydrogens is 432 g/mol. The average molecular weight is 457 g/mol. The molecular formula is C22H24N4O3S2. The minimum absolute atomic E-state index is 0.0450. The normalized spacial score (nSPS) is 13.8. The molecule has 0 spiro atoms. The fourth-order valence-electron chi connectivity index (χ4n) is 3.66. The fourth-order valence-corrected chi connectivity index (χ4v) is 5.87. The predicted octanol–water partition coefficient (Wildman–Crippen LogP) is 2.95. The first kappa shape index (κ1) is 21.6. The fraction of sp³-hybridized carbons (Fsp3) is 0.318. The largest absolute Gasteiger partial charge is 0.337 e. The number of rotatable bonds is 7. The van der Waals surface area contributed by atoms with Crippen molar-refractivity contribution in [3.05, 3.63) is 71.5 Å². The molecule has 2 heterocycles. The van der Waals surface area contributed by atoms with Crippen molar-refractivity contribution in [3.8, 4) is 0 Å². The Bertz CT molecular complexity index is 1180. The van der Waals surface area contributed by atoms with Crippen LogP contribution >= 0.6 is 11.8 Å². The molecule has 0 atom stereocenters. The molecule has 7 nitrogen and oxygen atoms in total. The Morgan fingerprint density at radius 1 is 1.03 bits per heavy atom. The van der Waals surface area contributed by atoms with Gasteiger partial charge in [-0.15, -0.1) is 10.2 Å². The van der Waals surface area contributed by atoms with Gasteiger partial charge < -0.3 is 9.47 Å². The molecule has 0 N–H and O–H groups in total. The van der Waals surface area contributed by atoms with Gasteiger partial charge in [0.05, 0.1) is 10.6 Å². The number of aromatic nitrogens is 3. The van der Waals surface area contributed by atoms with E-state index in [2.05, 4.69) is 22.3 Å². The highest BCUT2D eigenvalue weighted by molar-refractivity contribution is 7.99. The van der Waals surface area contributed by atoms with Gasteiger partial charge in [0, 0.05) is 19.6 Å². The van der Waals surface area contributed by atoms with Gasteiger partial charge in [-0.25, -0.2) is 8.42 Å². The third-order valence-electron chi connectivity index (χ3n) is 5.34. The highest BCUT2D eigenvalue weighted by Crippen LogP contribution is 2.23. The van der Waals surface area contributed by atoms with Crippen LogP contribution in [-0.4, -0.2) is 46.3 Å². The van der Waals surface area contributed by atoms with Gasteiger partial charge in [-0.2, -0.15) is 0 Å². The topological polar surface area (TPSA) is 85.2 Å². The third kappa shape index (κ3) is 4.83. The molecule has 0 bridgehead atoms. The second-order valence-corrected chi connectivity index (χ2v) is 10.3. The zero-order valence-corrected chi connectivity index (χ0v) is 18.9. The summed E-state index contributed by atoms with van der Waals surface area (Å²) in [7, 11) is -3.52. The molecule has 31 heavy (non-hydrogen) atoms. The van der Waals surface area contributed by atoms with Crippen LogP contribution in [0.15, 0.2) is 64.6 Å². The van der Waals surface area contributed by atoms with Crippen molar-refractivity contribution >= 4 is 27.5 Å². The molecule has 3 aromatic rings. The monoisotopic (exact) mass is 456 g/mol. The summed E-state index contributed by atoms with van der Waals surface area (Å²) in [6.07, 6.45) is 0.860. The van der Waals surface area contributed by atoms with E-state index in [4.69, 9.17) is 0 Å². The summed E-state index contributed by atoms with van der Waals surface area (Å²) in [6.45, 7) is 3.77. The molecule has 2 aromatic carbocycles. The van der Waals surface area contributed by atoms with Crippen molar-refractivity contribution < 1.29 is 13.2 Å². The number of hydrogen-bond donors (Lipinski definition) is 0. The molecule has 4 rings (SSSR count). The smallest absolute Gasteiger partial charge is 0.233 e. The van der Waals surface area contributed by atoms with E-state index in [0.29, 0.717) is 30.6 Å². The lowest BCUT2D eigenvalue weighted by atomic mass is 10.00. The first-order chi connectivity index (χ1) is 15.0. The van der Waals surface area contributed by atoms with Crippen molar-refractivity contribution in [2.24, 2.45) is 0 Å². The second kappa shape index (κ2) is 9.23. The summed E-state index contributed by atoms with van der Waals surface area (Å²) in [5, 5.41) is 8.83. The van der Waals surface area contributed by atoms with Crippen LogP contribution in [0.1, 0.15) is 23.9 Å². The van der Waals surface area contributed by atoms with E-state index in [1.165, 1.54) is 22.9 Å². The molecule has 1 aliphatic heterocycles. The number of sulfone groups is 1. The molecule has 0 aliphatic carbocycles. The van der Waals surface area contributed by atoms with Crippen molar-refractivity contribution in [2.45, 2.75) is 42.2 Å². The molecule has 9 heteroatoms. The first-order valence-corrected chi connectivity index (χ1v) is 12.8. The Morgan fingerprint density at radius 3 is 2.48 bits per heavy atom. The number of carbonyl (C=O) groups excluding carboxylic acids is 1. The van der Waals surface area contributed by atoms with E-state index in [1.807, 2.05) is 24.0 Å². The lowest BCUT2D eigenvalue weighted by molar-refractivity contribution is -0.129. The number of benzene rings is 2. The summed E-state index contributed by atoms with van der Waals surface area (Å²) in [5.74, 6) is 0.442. The van der Waals surface area contributed by atoms with Gasteiger partial charge in [0.2, 0.25) is 5.91 Å². The molecule has 1 aromatic heterocycles. The maximum atomic E-state index is 12.8. The minimum Gasteiger partial charge on any atom is -0.337 e. The average Bonchev–Trinajstić information content (AvgIpc) is 3.18. The lowest BCUT2D eigenvalue weighted by Crippen LogP contribution is -2.37. The molecule has 1 aliphatic rings. The Labute approximate surface area is 186 Å². The van der Waals surface area contributed by atoms with Crippen LogP contribution < -0.4 is 0 Å². The van der Waals surface area contributed by atoms with Gasteiger partial charge in [0.15, 0.2) is 15.0 Å². The van der Waals surface area contributed by atoms with Crippen LogP contribution in [-0.2, 0) is 39.9 Å². The Morgan fingerprint density at radius 2 is 1.74 bits per heavy atom. The summed E-state index contributed by atoms with van der Waals surface area (Å²) in [6, 6.07) is 16.5.